The molecule has 1 aromatic heterocycles. The van der Waals surface area contributed by atoms with E-state index in [0.29, 0.717) is 11.4 Å². The van der Waals surface area contributed by atoms with Crippen LogP contribution in [0.2, 0.25) is 0 Å². The monoisotopic (exact) mass is 133 g/mol. The largest absolute Gasteiger partial charge is 0.261 e. The van der Waals surface area contributed by atoms with E-state index >= 15 is 0 Å². The third-order valence-corrected chi connectivity index (χ3v) is 1.09. The lowest BCUT2D eigenvalue weighted by Crippen LogP contribution is -1.81. The molecule has 0 unspecified atom stereocenters. The molecule has 0 amide bonds. The van der Waals surface area contributed by atoms with Crippen molar-refractivity contribution < 1.29 is 0 Å². The second kappa shape index (κ2) is 2.87. The van der Waals surface area contributed by atoms with Gasteiger partial charge in [0.25, 0.3) is 0 Å². The number of hydrogen-bond donors (Lipinski definition) is 0. The van der Waals surface area contributed by atoms with E-state index in [-0.39, 0.29) is 0 Å². The molecule has 1 rings (SSSR count). The van der Waals surface area contributed by atoms with Gasteiger partial charge in [-0.3, -0.25) is 4.99 Å². The van der Waals surface area contributed by atoms with Gasteiger partial charge in [0.05, 0.1) is 11.9 Å². The summed E-state index contributed by atoms with van der Waals surface area (Å²) in [6.45, 7) is 6.92. The fraction of sp³-hybridized carbons (Fsp3) is 0. The van der Waals surface area contributed by atoms with E-state index < -0.39 is 0 Å². The highest BCUT2D eigenvalue weighted by molar-refractivity contribution is 5.59. The first kappa shape index (κ1) is 6.61. The van der Waals surface area contributed by atoms with Crippen molar-refractivity contribution in [1.82, 2.24) is 9.97 Å². The molecule has 3 heteroatoms. The molecule has 0 saturated heterocycles. The second-order valence-electron chi connectivity index (χ2n) is 1.66. The molecule has 0 radical (unpaired) electrons. The molecule has 3 nitrogen and oxygen atoms in total. The Balaban J connectivity index is 3.20. The number of aromatic nitrogens is 2. The Bertz CT molecular complexity index is 228. The maximum absolute atomic E-state index is 3.91. The molecular formula is C7H7N3. The minimum absolute atomic E-state index is 0.664. The van der Waals surface area contributed by atoms with Crippen LogP contribution in [0.5, 0.6) is 0 Å². The highest BCUT2D eigenvalue weighted by Crippen LogP contribution is 2.13. The summed E-state index contributed by atoms with van der Waals surface area (Å²) in [5.74, 6) is 0. The molecule has 10 heavy (non-hydrogen) atoms. The van der Waals surface area contributed by atoms with E-state index in [1.54, 1.807) is 12.3 Å². The summed E-state index contributed by atoms with van der Waals surface area (Å²) in [4.78, 5) is 11.4. The molecule has 1 aromatic rings. The first-order valence-corrected chi connectivity index (χ1v) is 2.77. The van der Waals surface area contributed by atoms with Crippen molar-refractivity contribution in [2.24, 2.45) is 4.99 Å². The smallest absolute Gasteiger partial charge is 0.116 e. The summed E-state index contributed by atoms with van der Waals surface area (Å²) >= 11 is 0. The molecule has 0 saturated carbocycles. The van der Waals surface area contributed by atoms with Gasteiger partial charge in [0.1, 0.15) is 12.0 Å². The number of rotatable bonds is 2. The Hall–Kier alpha value is -1.51. The lowest BCUT2D eigenvalue weighted by Gasteiger charge is -1.93. The predicted octanol–water partition coefficient (Wildman–Crippen LogP) is 1.45. The van der Waals surface area contributed by atoms with Crippen LogP contribution < -0.4 is 0 Å². The third-order valence-electron chi connectivity index (χ3n) is 1.09. The third kappa shape index (κ3) is 1.07. The summed E-state index contributed by atoms with van der Waals surface area (Å²) in [6.07, 6.45) is 4.66. The summed E-state index contributed by atoms with van der Waals surface area (Å²) < 4.78 is 0. The fourth-order valence-corrected chi connectivity index (χ4v) is 0.611. The zero-order chi connectivity index (χ0) is 7.40. The molecule has 1 heterocycles. The van der Waals surface area contributed by atoms with Crippen molar-refractivity contribution in [3.05, 3.63) is 24.8 Å². The lowest BCUT2D eigenvalue weighted by atomic mass is 10.3. The molecule has 0 atom stereocenters. The van der Waals surface area contributed by atoms with Gasteiger partial charge in [-0.15, -0.1) is 0 Å². The fourth-order valence-electron chi connectivity index (χ4n) is 0.611. The van der Waals surface area contributed by atoms with E-state index in [2.05, 4.69) is 28.3 Å². The summed E-state index contributed by atoms with van der Waals surface area (Å²) in [7, 11) is 0. The van der Waals surface area contributed by atoms with Crippen LogP contribution in [0.3, 0.4) is 0 Å². The Morgan fingerprint density at radius 2 is 2.40 bits per heavy atom. The van der Waals surface area contributed by atoms with Gasteiger partial charge >= 0.3 is 0 Å². The van der Waals surface area contributed by atoms with Gasteiger partial charge in [-0.05, 0) is 12.8 Å². The Kier molecular flexibility index (Phi) is 1.89. The molecule has 0 spiro atoms. The predicted molar refractivity (Wildman–Crippen MR) is 41.3 cm³/mol. The van der Waals surface area contributed by atoms with Crippen LogP contribution in [0.15, 0.2) is 24.1 Å². The van der Waals surface area contributed by atoms with E-state index in [4.69, 9.17) is 0 Å². The van der Waals surface area contributed by atoms with Crippen molar-refractivity contribution >= 4 is 18.5 Å². The molecule has 0 aliphatic heterocycles. The van der Waals surface area contributed by atoms with Gasteiger partial charge in [0.15, 0.2) is 0 Å². The van der Waals surface area contributed by atoms with Crippen LogP contribution in [0.4, 0.5) is 5.69 Å². The van der Waals surface area contributed by atoms with E-state index in [0.717, 1.165) is 0 Å². The van der Waals surface area contributed by atoms with E-state index in [1.807, 2.05) is 0 Å². The van der Waals surface area contributed by atoms with Crippen molar-refractivity contribution in [1.29, 1.82) is 0 Å². The van der Waals surface area contributed by atoms with Crippen LogP contribution in [0, 0.1) is 0 Å². The lowest BCUT2D eigenvalue weighted by molar-refractivity contribution is 1.14. The van der Waals surface area contributed by atoms with Crippen molar-refractivity contribution in [2.45, 2.75) is 0 Å². The van der Waals surface area contributed by atoms with Crippen molar-refractivity contribution in [2.75, 3.05) is 0 Å². The van der Waals surface area contributed by atoms with Crippen molar-refractivity contribution in [3.63, 3.8) is 0 Å². The molecule has 0 aromatic carbocycles. The highest BCUT2D eigenvalue weighted by Gasteiger charge is 1.93. The average Bonchev–Trinajstić information content (AvgIpc) is 2.04. The Morgan fingerprint density at radius 1 is 1.60 bits per heavy atom. The molecule has 0 bridgehead atoms. The molecular weight excluding hydrogens is 126 g/mol. The molecule has 50 valence electrons. The Morgan fingerprint density at radius 3 is 2.90 bits per heavy atom. The quantitative estimate of drug-likeness (QED) is 0.572. The van der Waals surface area contributed by atoms with Gasteiger partial charge in [-0.1, -0.05) is 6.58 Å². The van der Waals surface area contributed by atoms with Gasteiger partial charge in [0, 0.05) is 0 Å². The normalized spacial score (nSPS) is 8.80. The summed E-state index contributed by atoms with van der Waals surface area (Å²) in [5, 5.41) is 0. The number of nitrogens with zero attached hydrogens (tertiary/aromatic N) is 3. The molecule has 0 aliphatic carbocycles. The topological polar surface area (TPSA) is 38.1 Å². The summed E-state index contributed by atoms with van der Waals surface area (Å²) in [5.41, 5.74) is 1.38. The minimum Gasteiger partial charge on any atom is -0.261 e. The zero-order valence-electron chi connectivity index (χ0n) is 5.49. The highest BCUT2D eigenvalue weighted by atomic mass is 14.9. The molecule has 0 fully saturated rings. The van der Waals surface area contributed by atoms with Crippen LogP contribution in [0.25, 0.3) is 6.08 Å². The van der Waals surface area contributed by atoms with Gasteiger partial charge in [0.2, 0.25) is 0 Å². The maximum Gasteiger partial charge on any atom is 0.116 e. The number of aliphatic imine (C=N–C) groups is 1. The zero-order valence-corrected chi connectivity index (χ0v) is 5.49. The minimum atomic E-state index is 0.664. The van der Waals surface area contributed by atoms with Gasteiger partial charge in [-0.25, -0.2) is 9.97 Å². The SMILES string of the molecule is C=Cc1ncncc1N=C. The Labute approximate surface area is 59.2 Å². The standard InChI is InChI=1S/C7H7N3/c1-3-6-7(8-2)4-9-5-10-6/h3-5H,1-2H2. The van der Waals surface area contributed by atoms with Gasteiger partial charge < -0.3 is 0 Å². The average molecular weight is 133 g/mol. The van der Waals surface area contributed by atoms with Crippen LogP contribution >= 0.6 is 0 Å². The second-order valence-corrected chi connectivity index (χ2v) is 1.66. The van der Waals surface area contributed by atoms with Gasteiger partial charge in [-0.2, -0.15) is 0 Å². The molecule has 0 N–H and O–H groups in total. The van der Waals surface area contributed by atoms with Crippen LogP contribution in [-0.4, -0.2) is 16.7 Å². The first-order chi connectivity index (χ1) is 4.88. The first-order valence-electron chi connectivity index (χ1n) is 2.77. The summed E-state index contributed by atoms with van der Waals surface area (Å²) in [6, 6.07) is 0. The molecule has 0 aliphatic rings. The van der Waals surface area contributed by atoms with E-state index in [1.165, 1.54) is 6.33 Å². The van der Waals surface area contributed by atoms with Crippen LogP contribution in [0.1, 0.15) is 5.69 Å². The maximum atomic E-state index is 3.91. The van der Waals surface area contributed by atoms with E-state index in [9.17, 15) is 0 Å². The van der Waals surface area contributed by atoms with Crippen molar-refractivity contribution in [3.8, 4) is 0 Å². The van der Waals surface area contributed by atoms with Crippen LogP contribution in [-0.2, 0) is 0 Å². The number of hydrogen-bond acceptors (Lipinski definition) is 3.